The van der Waals surface area contributed by atoms with Gasteiger partial charge < -0.3 is 21.5 Å². The van der Waals surface area contributed by atoms with Crippen LogP contribution in [0.2, 0.25) is 4.34 Å². The summed E-state index contributed by atoms with van der Waals surface area (Å²) >= 11 is 7.23. The van der Waals surface area contributed by atoms with Gasteiger partial charge in [0.05, 0.1) is 10.9 Å². The number of nitrogens with two attached hydrogens (primary N) is 1. The van der Waals surface area contributed by atoms with Gasteiger partial charge in [-0.3, -0.25) is 4.79 Å². The fraction of sp³-hybridized carbons (Fsp3) is 0.294. The minimum absolute atomic E-state index is 0. The number of primary amides is 1. The number of benzene rings is 1. The summed E-state index contributed by atoms with van der Waals surface area (Å²) in [5.74, 6) is 0.113. The van der Waals surface area contributed by atoms with Crippen LogP contribution in [0.5, 0.6) is 0 Å². The van der Waals surface area contributed by atoms with E-state index in [0.717, 1.165) is 10.4 Å². The molecule has 2 rings (SSSR count). The summed E-state index contributed by atoms with van der Waals surface area (Å²) in [4.78, 5) is 16.5. The molecule has 0 aliphatic heterocycles. The van der Waals surface area contributed by atoms with Crippen LogP contribution in [0.1, 0.15) is 33.8 Å². The second-order valence-corrected chi connectivity index (χ2v) is 7.05. The van der Waals surface area contributed by atoms with E-state index < -0.39 is 12.0 Å². The zero-order valence-corrected chi connectivity index (χ0v) is 18.1. The van der Waals surface area contributed by atoms with Crippen LogP contribution in [0, 0.1) is 0 Å². The van der Waals surface area contributed by atoms with Crippen LogP contribution in [0.4, 0.5) is 0 Å². The van der Waals surface area contributed by atoms with Crippen molar-refractivity contribution in [1.29, 1.82) is 0 Å². The fourth-order valence-corrected chi connectivity index (χ4v) is 3.18. The summed E-state index contributed by atoms with van der Waals surface area (Å²) in [6.45, 7) is 3.34. The van der Waals surface area contributed by atoms with Gasteiger partial charge in [0.2, 0.25) is 5.91 Å². The van der Waals surface area contributed by atoms with Gasteiger partial charge >= 0.3 is 0 Å². The lowest BCUT2D eigenvalue weighted by Crippen LogP contribution is -2.39. The predicted octanol–water partition coefficient (Wildman–Crippen LogP) is 2.91. The third kappa shape index (κ3) is 7.10. The molecule has 1 amide bonds. The Morgan fingerprint density at radius 2 is 2.12 bits per heavy atom. The Bertz CT molecular complexity index is 754. The molecule has 1 unspecified atom stereocenters. The number of aliphatic imine (C=N–C) groups is 1. The fourth-order valence-electron chi connectivity index (χ4n) is 2.14. The summed E-state index contributed by atoms with van der Waals surface area (Å²) in [6.07, 6.45) is -0.667. The van der Waals surface area contributed by atoms with E-state index in [0.29, 0.717) is 35.5 Å². The van der Waals surface area contributed by atoms with Crippen LogP contribution in [-0.2, 0) is 6.54 Å². The Labute approximate surface area is 178 Å². The molecule has 1 aromatic carbocycles. The van der Waals surface area contributed by atoms with Crippen molar-refractivity contribution in [3.8, 4) is 0 Å². The number of guanidine groups is 1. The quantitative estimate of drug-likeness (QED) is 0.262. The number of amides is 1. The molecule has 0 radical (unpaired) electrons. The number of hydrogen-bond acceptors (Lipinski definition) is 4. The molecule has 1 aromatic heterocycles. The molecule has 1 heterocycles. The van der Waals surface area contributed by atoms with Crippen LogP contribution in [0.3, 0.4) is 0 Å². The van der Waals surface area contributed by atoms with E-state index in [1.165, 1.54) is 11.3 Å². The molecule has 0 saturated carbocycles. The average Bonchev–Trinajstić information content (AvgIpc) is 3.04. The SMILES string of the molecule is CCNC(=NCc1cccc(C(N)=O)c1)NCC(O)c1ccc(Cl)s1.I. The zero-order chi connectivity index (χ0) is 18.2. The Kier molecular flexibility index (Phi) is 9.92. The van der Waals surface area contributed by atoms with Gasteiger partial charge in [0, 0.05) is 23.5 Å². The molecule has 0 spiro atoms. The molecule has 0 aliphatic carbocycles. The minimum Gasteiger partial charge on any atom is -0.386 e. The third-order valence-electron chi connectivity index (χ3n) is 3.36. The van der Waals surface area contributed by atoms with Crippen LogP contribution < -0.4 is 16.4 Å². The van der Waals surface area contributed by atoms with E-state index >= 15 is 0 Å². The highest BCUT2D eigenvalue weighted by atomic mass is 127. The Morgan fingerprint density at radius 3 is 2.73 bits per heavy atom. The first-order valence-electron chi connectivity index (χ1n) is 7.83. The zero-order valence-electron chi connectivity index (χ0n) is 14.2. The number of aliphatic hydroxyl groups excluding tert-OH is 1. The van der Waals surface area contributed by atoms with Gasteiger partial charge in [-0.2, -0.15) is 0 Å². The number of hydrogen-bond donors (Lipinski definition) is 4. The van der Waals surface area contributed by atoms with E-state index in [1.54, 1.807) is 30.3 Å². The van der Waals surface area contributed by atoms with Crippen molar-refractivity contribution in [2.24, 2.45) is 10.7 Å². The van der Waals surface area contributed by atoms with Gasteiger partial charge in [-0.15, -0.1) is 35.3 Å². The number of carbonyl (C=O) groups excluding carboxylic acids is 1. The molecule has 1 atom stereocenters. The Morgan fingerprint density at radius 1 is 1.35 bits per heavy atom. The monoisotopic (exact) mass is 508 g/mol. The lowest BCUT2D eigenvalue weighted by Gasteiger charge is -2.14. The standard InChI is InChI=1S/C17H21ClN4O2S.HI/c1-2-20-17(22-10-13(23)14-6-7-15(18)25-14)21-9-11-4-3-5-12(8-11)16(19)24;/h3-8,13,23H,2,9-10H2,1H3,(H2,19,24)(H2,20,21,22);1H. The smallest absolute Gasteiger partial charge is 0.248 e. The number of aliphatic hydroxyl groups is 1. The molecule has 26 heavy (non-hydrogen) atoms. The first kappa shape index (κ1) is 22.7. The van der Waals surface area contributed by atoms with Crippen LogP contribution >= 0.6 is 46.9 Å². The summed E-state index contributed by atoms with van der Waals surface area (Å²) in [5, 5.41) is 16.4. The summed E-state index contributed by atoms with van der Waals surface area (Å²) in [6, 6.07) is 10.6. The number of carbonyl (C=O) groups is 1. The lowest BCUT2D eigenvalue weighted by molar-refractivity contribution is 0.1000. The van der Waals surface area contributed by atoms with Gasteiger partial charge in [0.25, 0.3) is 0 Å². The lowest BCUT2D eigenvalue weighted by atomic mass is 10.1. The second-order valence-electron chi connectivity index (χ2n) is 5.30. The third-order valence-corrected chi connectivity index (χ3v) is 4.69. The van der Waals surface area contributed by atoms with Gasteiger partial charge in [-0.1, -0.05) is 23.7 Å². The number of thiophene rings is 1. The van der Waals surface area contributed by atoms with Gasteiger partial charge in [-0.25, -0.2) is 4.99 Å². The normalized spacial score (nSPS) is 12.2. The van der Waals surface area contributed by atoms with Crippen LogP contribution in [0.15, 0.2) is 41.4 Å². The molecule has 2 aromatic rings. The molecule has 6 nitrogen and oxygen atoms in total. The maximum absolute atomic E-state index is 11.2. The van der Waals surface area contributed by atoms with Crippen LogP contribution in [-0.4, -0.2) is 30.1 Å². The number of halogens is 2. The molecular formula is C17H22ClIN4O2S. The number of nitrogens with one attached hydrogen (secondary N) is 2. The number of nitrogens with zero attached hydrogens (tertiary/aromatic N) is 1. The van der Waals surface area contributed by atoms with Gasteiger partial charge in [0.15, 0.2) is 5.96 Å². The highest BCUT2D eigenvalue weighted by Gasteiger charge is 2.11. The molecule has 9 heteroatoms. The summed E-state index contributed by atoms with van der Waals surface area (Å²) in [7, 11) is 0. The van der Waals surface area contributed by atoms with Crippen molar-refractivity contribution < 1.29 is 9.90 Å². The molecule has 0 bridgehead atoms. The van der Waals surface area contributed by atoms with Crippen molar-refractivity contribution in [1.82, 2.24) is 10.6 Å². The molecule has 0 aliphatic rings. The first-order chi connectivity index (χ1) is 12.0. The van der Waals surface area contributed by atoms with Crippen molar-refractivity contribution in [3.63, 3.8) is 0 Å². The van der Waals surface area contributed by atoms with E-state index in [9.17, 15) is 9.90 Å². The van der Waals surface area contributed by atoms with E-state index in [2.05, 4.69) is 15.6 Å². The summed E-state index contributed by atoms with van der Waals surface area (Å²) < 4.78 is 0.643. The highest BCUT2D eigenvalue weighted by molar-refractivity contribution is 14.0. The van der Waals surface area contributed by atoms with Crippen molar-refractivity contribution in [2.45, 2.75) is 19.6 Å². The first-order valence-corrected chi connectivity index (χ1v) is 9.03. The highest BCUT2D eigenvalue weighted by Crippen LogP contribution is 2.26. The Hall–Kier alpha value is -1.36. The minimum atomic E-state index is -0.667. The molecule has 5 N–H and O–H groups in total. The van der Waals surface area contributed by atoms with E-state index in [4.69, 9.17) is 17.3 Å². The molecular weight excluding hydrogens is 487 g/mol. The average molecular weight is 509 g/mol. The van der Waals surface area contributed by atoms with Crippen LogP contribution in [0.25, 0.3) is 0 Å². The number of rotatable bonds is 7. The topological polar surface area (TPSA) is 99.7 Å². The van der Waals surface area contributed by atoms with Gasteiger partial charge in [0.1, 0.15) is 6.10 Å². The Balaban J connectivity index is 0.00000338. The van der Waals surface area contributed by atoms with Crippen molar-refractivity contribution in [3.05, 3.63) is 56.7 Å². The molecule has 142 valence electrons. The van der Waals surface area contributed by atoms with E-state index in [1.807, 2.05) is 13.0 Å². The molecule has 0 fully saturated rings. The second kappa shape index (κ2) is 11.4. The maximum Gasteiger partial charge on any atom is 0.248 e. The van der Waals surface area contributed by atoms with Gasteiger partial charge in [-0.05, 0) is 36.8 Å². The van der Waals surface area contributed by atoms with E-state index in [-0.39, 0.29) is 24.0 Å². The predicted molar refractivity (Wildman–Crippen MR) is 117 cm³/mol. The largest absolute Gasteiger partial charge is 0.386 e. The summed E-state index contributed by atoms with van der Waals surface area (Å²) in [5.41, 5.74) is 6.62. The maximum atomic E-state index is 11.2. The van der Waals surface area contributed by atoms with Crippen molar-refractivity contribution >= 4 is 58.8 Å². The van der Waals surface area contributed by atoms with Crippen molar-refractivity contribution in [2.75, 3.05) is 13.1 Å². The molecule has 0 saturated heterocycles.